The fourth-order valence-electron chi connectivity index (χ4n) is 3.28. The summed E-state index contributed by atoms with van der Waals surface area (Å²) in [6.07, 6.45) is 5.92. The Morgan fingerprint density at radius 1 is 1.29 bits per heavy atom. The fourth-order valence-corrected chi connectivity index (χ4v) is 3.28. The molecule has 2 aliphatic heterocycles. The molecule has 0 aromatic rings. The first-order valence-electron chi connectivity index (χ1n) is 7.33. The van der Waals surface area contributed by atoms with E-state index in [9.17, 15) is 0 Å². The monoisotopic (exact) mass is 240 g/mol. The number of rotatable bonds is 5. The normalized spacial score (nSPS) is 31.2. The molecule has 3 heteroatoms. The number of likely N-dealkylation sites (tertiary alicyclic amines) is 1. The van der Waals surface area contributed by atoms with E-state index in [1.807, 2.05) is 0 Å². The summed E-state index contributed by atoms with van der Waals surface area (Å²) >= 11 is 0. The molecule has 0 aliphatic carbocycles. The van der Waals surface area contributed by atoms with E-state index in [0.29, 0.717) is 6.10 Å². The molecule has 2 heterocycles. The molecule has 2 unspecified atom stereocenters. The molecule has 2 saturated heterocycles. The van der Waals surface area contributed by atoms with Crippen LogP contribution in [0.5, 0.6) is 0 Å². The first-order valence-corrected chi connectivity index (χ1v) is 7.33. The van der Waals surface area contributed by atoms with E-state index in [1.54, 1.807) is 0 Å². The van der Waals surface area contributed by atoms with Crippen LogP contribution in [0.4, 0.5) is 0 Å². The summed E-state index contributed by atoms with van der Waals surface area (Å²) in [7, 11) is 0. The summed E-state index contributed by atoms with van der Waals surface area (Å²) < 4.78 is 5.68. The topological polar surface area (TPSA) is 24.5 Å². The lowest BCUT2D eigenvalue weighted by molar-refractivity contribution is 0.0483. The van der Waals surface area contributed by atoms with Crippen molar-refractivity contribution in [2.75, 3.05) is 32.8 Å². The molecule has 17 heavy (non-hydrogen) atoms. The number of nitrogens with zero attached hydrogens (tertiary/aromatic N) is 1. The zero-order valence-electron chi connectivity index (χ0n) is 11.5. The second kappa shape index (κ2) is 6.72. The molecule has 2 aliphatic rings. The van der Waals surface area contributed by atoms with Gasteiger partial charge in [-0.25, -0.2) is 0 Å². The van der Waals surface area contributed by atoms with Gasteiger partial charge in [-0.2, -0.15) is 0 Å². The van der Waals surface area contributed by atoms with Crippen LogP contribution in [0.1, 0.15) is 39.5 Å². The van der Waals surface area contributed by atoms with Gasteiger partial charge in [0.05, 0.1) is 12.7 Å². The van der Waals surface area contributed by atoms with Crippen molar-refractivity contribution in [3.8, 4) is 0 Å². The Morgan fingerprint density at radius 2 is 2.18 bits per heavy atom. The molecule has 2 fully saturated rings. The molecule has 0 spiro atoms. The van der Waals surface area contributed by atoms with Crippen molar-refractivity contribution in [3.63, 3.8) is 0 Å². The van der Waals surface area contributed by atoms with Gasteiger partial charge in [0.1, 0.15) is 0 Å². The van der Waals surface area contributed by atoms with Crippen molar-refractivity contribution in [2.24, 2.45) is 5.92 Å². The van der Waals surface area contributed by atoms with Crippen molar-refractivity contribution in [1.29, 1.82) is 0 Å². The lowest BCUT2D eigenvalue weighted by atomic mass is 9.90. The third-order valence-electron chi connectivity index (χ3n) is 4.12. The average molecular weight is 240 g/mol. The molecule has 0 amide bonds. The van der Waals surface area contributed by atoms with E-state index in [1.165, 1.54) is 45.3 Å². The summed E-state index contributed by atoms with van der Waals surface area (Å²) in [5, 5.41) is 3.55. The molecule has 0 aromatic heterocycles. The van der Waals surface area contributed by atoms with Crippen LogP contribution in [0.15, 0.2) is 0 Å². The first-order chi connectivity index (χ1) is 8.27. The highest BCUT2D eigenvalue weighted by Gasteiger charge is 2.31. The first kappa shape index (κ1) is 13.3. The largest absolute Gasteiger partial charge is 0.377 e. The van der Waals surface area contributed by atoms with Gasteiger partial charge in [-0.1, -0.05) is 0 Å². The van der Waals surface area contributed by atoms with Crippen molar-refractivity contribution in [3.05, 3.63) is 0 Å². The Labute approximate surface area is 106 Å². The molecule has 1 N–H and O–H groups in total. The zero-order valence-corrected chi connectivity index (χ0v) is 11.5. The highest BCUT2D eigenvalue weighted by molar-refractivity contribution is 4.87. The number of hydrogen-bond donors (Lipinski definition) is 1. The van der Waals surface area contributed by atoms with Crippen LogP contribution in [-0.4, -0.2) is 49.8 Å². The van der Waals surface area contributed by atoms with E-state index in [4.69, 9.17) is 4.74 Å². The van der Waals surface area contributed by atoms with Gasteiger partial charge in [-0.15, -0.1) is 0 Å². The van der Waals surface area contributed by atoms with Crippen molar-refractivity contribution >= 4 is 0 Å². The Kier molecular flexibility index (Phi) is 5.26. The highest BCUT2D eigenvalue weighted by Crippen LogP contribution is 2.27. The van der Waals surface area contributed by atoms with E-state index in [2.05, 4.69) is 24.1 Å². The molecular weight excluding hydrogens is 212 g/mol. The molecule has 100 valence electrons. The smallest absolute Gasteiger partial charge is 0.0597 e. The molecule has 0 saturated carbocycles. The minimum atomic E-state index is 0.368. The quantitative estimate of drug-likeness (QED) is 0.794. The Bertz CT molecular complexity index is 214. The average Bonchev–Trinajstić information content (AvgIpc) is 2.78. The molecule has 3 nitrogen and oxygen atoms in total. The number of ether oxygens (including phenoxy) is 1. The van der Waals surface area contributed by atoms with E-state index >= 15 is 0 Å². The standard InChI is InChI=1S/C14H28N2O/c1-12(2)17-10-9-16-8-4-6-14(16)13-5-3-7-15-11-13/h12-15H,3-11H2,1-2H3. The summed E-state index contributed by atoms with van der Waals surface area (Å²) in [6.45, 7) is 9.99. The van der Waals surface area contributed by atoms with Crippen LogP contribution >= 0.6 is 0 Å². The van der Waals surface area contributed by atoms with Crippen LogP contribution < -0.4 is 5.32 Å². The van der Waals surface area contributed by atoms with E-state index in [0.717, 1.165) is 25.1 Å². The molecular formula is C14H28N2O. The predicted octanol–water partition coefficient (Wildman–Crippen LogP) is 1.88. The fraction of sp³-hybridized carbons (Fsp3) is 1.00. The van der Waals surface area contributed by atoms with Gasteiger partial charge in [0.2, 0.25) is 0 Å². The van der Waals surface area contributed by atoms with Gasteiger partial charge >= 0.3 is 0 Å². The third kappa shape index (κ3) is 3.94. The summed E-state index contributed by atoms with van der Waals surface area (Å²) in [4.78, 5) is 2.67. The molecule has 0 bridgehead atoms. The second-order valence-electron chi connectivity index (χ2n) is 5.77. The minimum Gasteiger partial charge on any atom is -0.377 e. The van der Waals surface area contributed by atoms with Gasteiger partial charge in [0.15, 0.2) is 0 Å². The lowest BCUT2D eigenvalue weighted by Crippen LogP contribution is -2.44. The van der Waals surface area contributed by atoms with Gasteiger partial charge in [-0.3, -0.25) is 4.90 Å². The maximum Gasteiger partial charge on any atom is 0.0597 e. The predicted molar refractivity (Wildman–Crippen MR) is 71.3 cm³/mol. The summed E-state index contributed by atoms with van der Waals surface area (Å²) in [6, 6.07) is 0.818. The van der Waals surface area contributed by atoms with Gasteiger partial charge in [0.25, 0.3) is 0 Å². The zero-order chi connectivity index (χ0) is 12.1. The Balaban J connectivity index is 1.75. The SMILES string of the molecule is CC(C)OCCN1CCCC1C1CCCNC1. The number of nitrogens with one attached hydrogen (secondary N) is 1. The minimum absolute atomic E-state index is 0.368. The molecule has 2 rings (SSSR count). The summed E-state index contributed by atoms with van der Waals surface area (Å²) in [5.41, 5.74) is 0. The van der Waals surface area contributed by atoms with Crippen molar-refractivity contribution in [1.82, 2.24) is 10.2 Å². The van der Waals surface area contributed by atoms with Gasteiger partial charge < -0.3 is 10.1 Å². The molecule has 2 atom stereocenters. The summed E-state index contributed by atoms with van der Waals surface area (Å²) in [5.74, 6) is 0.880. The highest BCUT2D eigenvalue weighted by atomic mass is 16.5. The molecule has 0 aromatic carbocycles. The van der Waals surface area contributed by atoms with Crippen LogP contribution in [-0.2, 0) is 4.74 Å². The second-order valence-corrected chi connectivity index (χ2v) is 5.77. The van der Waals surface area contributed by atoms with Crippen molar-refractivity contribution < 1.29 is 4.74 Å². The van der Waals surface area contributed by atoms with Gasteiger partial charge in [0, 0.05) is 12.6 Å². The Morgan fingerprint density at radius 3 is 2.88 bits per heavy atom. The van der Waals surface area contributed by atoms with E-state index < -0.39 is 0 Å². The van der Waals surface area contributed by atoms with Crippen LogP contribution in [0.25, 0.3) is 0 Å². The third-order valence-corrected chi connectivity index (χ3v) is 4.12. The Hall–Kier alpha value is -0.120. The number of piperidine rings is 1. The maximum absolute atomic E-state index is 5.68. The van der Waals surface area contributed by atoms with Crippen LogP contribution in [0.3, 0.4) is 0 Å². The van der Waals surface area contributed by atoms with E-state index in [-0.39, 0.29) is 0 Å². The lowest BCUT2D eigenvalue weighted by Gasteiger charge is -2.34. The van der Waals surface area contributed by atoms with Crippen LogP contribution in [0, 0.1) is 5.92 Å². The molecule has 0 radical (unpaired) electrons. The van der Waals surface area contributed by atoms with Gasteiger partial charge in [-0.05, 0) is 65.1 Å². The van der Waals surface area contributed by atoms with Crippen LogP contribution in [0.2, 0.25) is 0 Å². The number of hydrogen-bond acceptors (Lipinski definition) is 3. The maximum atomic E-state index is 5.68. The van der Waals surface area contributed by atoms with Crippen molar-refractivity contribution in [2.45, 2.75) is 51.7 Å².